The molecule has 3 rings (SSSR count). The van der Waals surface area contributed by atoms with Gasteiger partial charge < -0.3 is 10.7 Å². The second-order valence-corrected chi connectivity index (χ2v) is 3.98. The predicted octanol–water partition coefficient (Wildman–Crippen LogP) is 0.762. The molecule has 0 spiro atoms. The van der Waals surface area contributed by atoms with E-state index in [0.29, 0.717) is 22.8 Å². The zero-order valence-electron chi connectivity index (χ0n) is 8.30. The maximum absolute atomic E-state index is 5.71. The van der Waals surface area contributed by atoms with Crippen LogP contribution in [-0.2, 0) is 0 Å². The topological polar surface area (TPSA) is 106 Å². The van der Waals surface area contributed by atoms with Gasteiger partial charge in [0.1, 0.15) is 16.7 Å². The van der Waals surface area contributed by atoms with Crippen molar-refractivity contribution in [2.24, 2.45) is 0 Å². The van der Waals surface area contributed by atoms with Gasteiger partial charge in [0.05, 0.1) is 5.69 Å². The minimum Gasteiger partial charge on any atom is -0.382 e. The lowest BCUT2D eigenvalue weighted by atomic mass is 10.4. The average Bonchev–Trinajstić information content (AvgIpc) is 2.84. The predicted molar refractivity (Wildman–Crippen MR) is 59.7 cm³/mol. The van der Waals surface area contributed by atoms with E-state index in [1.54, 1.807) is 0 Å². The molecule has 3 aromatic heterocycles. The van der Waals surface area contributed by atoms with E-state index < -0.39 is 0 Å². The van der Waals surface area contributed by atoms with Crippen molar-refractivity contribution in [3.05, 3.63) is 12.0 Å². The Morgan fingerprint density at radius 3 is 2.94 bits per heavy atom. The minimum atomic E-state index is 0.388. The van der Waals surface area contributed by atoms with Gasteiger partial charge in [0.25, 0.3) is 0 Å². The first-order valence-corrected chi connectivity index (χ1v) is 5.28. The lowest BCUT2D eigenvalue weighted by Crippen LogP contribution is -1.91. The number of anilines is 1. The maximum Gasteiger partial charge on any atom is 0.183 e. The van der Waals surface area contributed by atoms with Gasteiger partial charge in [0.15, 0.2) is 17.3 Å². The van der Waals surface area contributed by atoms with Gasteiger partial charge in [-0.15, -0.1) is 5.10 Å². The molecule has 3 heterocycles. The summed E-state index contributed by atoms with van der Waals surface area (Å²) in [5, 5.41) is 3.93. The molecule has 0 aliphatic rings. The summed E-state index contributed by atoms with van der Waals surface area (Å²) < 4.78 is 3.86. The molecule has 0 amide bonds. The number of hydrogen-bond donors (Lipinski definition) is 2. The summed E-state index contributed by atoms with van der Waals surface area (Å²) in [7, 11) is 0. The van der Waals surface area contributed by atoms with Gasteiger partial charge in [0.2, 0.25) is 0 Å². The van der Waals surface area contributed by atoms with Crippen LogP contribution in [-0.4, -0.2) is 29.5 Å². The summed E-state index contributed by atoms with van der Waals surface area (Å²) in [6, 6.07) is 0. The van der Waals surface area contributed by atoms with E-state index in [-0.39, 0.29) is 0 Å². The fourth-order valence-corrected chi connectivity index (χ4v) is 2.00. The quantitative estimate of drug-likeness (QED) is 0.642. The Hall–Kier alpha value is -2.09. The van der Waals surface area contributed by atoms with Gasteiger partial charge in [-0.05, 0) is 18.5 Å². The van der Waals surface area contributed by atoms with Crippen molar-refractivity contribution in [1.29, 1.82) is 0 Å². The Morgan fingerprint density at radius 2 is 2.25 bits per heavy atom. The number of nitrogen functional groups attached to an aromatic ring is 1. The molecule has 0 aromatic carbocycles. The molecular formula is C8H7N7S. The van der Waals surface area contributed by atoms with E-state index in [1.165, 1.54) is 17.9 Å². The number of nitrogens with one attached hydrogen (secondary N) is 1. The normalized spacial score (nSPS) is 11.1. The fraction of sp³-hybridized carbons (Fsp3) is 0.125. The third kappa shape index (κ3) is 1.23. The Morgan fingerprint density at radius 1 is 1.38 bits per heavy atom. The number of aromatic nitrogens is 6. The monoisotopic (exact) mass is 233 g/mol. The van der Waals surface area contributed by atoms with E-state index in [0.717, 1.165) is 10.6 Å². The van der Waals surface area contributed by atoms with Crippen molar-refractivity contribution in [2.75, 3.05) is 5.73 Å². The summed E-state index contributed by atoms with van der Waals surface area (Å²) in [5.74, 6) is 1.06. The number of rotatable bonds is 1. The molecule has 0 atom stereocenters. The maximum atomic E-state index is 5.71. The van der Waals surface area contributed by atoms with E-state index in [9.17, 15) is 0 Å². The molecule has 0 saturated heterocycles. The van der Waals surface area contributed by atoms with Gasteiger partial charge in [-0.1, -0.05) is 4.49 Å². The van der Waals surface area contributed by atoms with Gasteiger partial charge in [-0.25, -0.2) is 15.0 Å². The van der Waals surface area contributed by atoms with Crippen LogP contribution in [0.5, 0.6) is 0 Å². The van der Waals surface area contributed by atoms with Crippen molar-refractivity contribution in [2.45, 2.75) is 6.92 Å². The molecule has 0 saturated carbocycles. The van der Waals surface area contributed by atoms with Crippen molar-refractivity contribution in [3.8, 4) is 10.7 Å². The molecule has 0 fully saturated rings. The van der Waals surface area contributed by atoms with Gasteiger partial charge in [0, 0.05) is 0 Å². The first kappa shape index (κ1) is 9.16. The summed E-state index contributed by atoms with van der Waals surface area (Å²) in [6.07, 6.45) is 1.39. The number of imidazole rings is 1. The molecule has 3 aromatic rings. The highest BCUT2D eigenvalue weighted by molar-refractivity contribution is 7.09. The van der Waals surface area contributed by atoms with Crippen LogP contribution in [0.1, 0.15) is 5.69 Å². The van der Waals surface area contributed by atoms with Crippen molar-refractivity contribution in [3.63, 3.8) is 0 Å². The van der Waals surface area contributed by atoms with Crippen LogP contribution < -0.4 is 5.73 Å². The van der Waals surface area contributed by atoms with Gasteiger partial charge in [-0.2, -0.15) is 0 Å². The molecule has 8 heteroatoms. The number of fused-ring (bicyclic) bond motifs is 1. The Balaban J connectivity index is 2.27. The number of H-pyrrole nitrogens is 1. The van der Waals surface area contributed by atoms with Crippen molar-refractivity contribution in [1.82, 2.24) is 29.5 Å². The number of hydrogen-bond acceptors (Lipinski definition) is 7. The molecule has 0 aliphatic carbocycles. The highest BCUT2D eigenvalue weighted by atomic mass is 32.1. The molecular weight excluding hydrogens is 226 g/mol. The van der Waals surface area contributed by atoms with Crippen LogP contribution in [0.2, 0.25) is 0 Å². The molecule has 0 bridgehead atoms. The zero-order chi connectivity index (χ0) is 11.1. The lowest BCUT2D eigenvalue weighted by Gasteiger charge is -1.90. The Kier molecular flexibility index (Phi) is 1.83. The smallest absolute Gasteiger partial charge is 0.183 e. The van der Waals surface area contributed by atoms with Crippen LogP contribution in [0.15, 0.2) is 6.33 Å². The molecule has 3 N–H and O–H groups in total. The molecule has 80 valence electrons. The van der Waals surface area contributed by atoms with Crippen LogP contribution >= 0.6 is 11.5 Å². The van der Waals surface area contributed by atoms with E-state index >= 15 is 0 Å². The van der Waals surface area contributed by atoms with E-state index in [2.05, 4.69) is 29.5 Å². The van der Waals surface area contributed by atoms with Crippen LogP contribution in [0, 0.1) is 6.92 Å². The summed E-state index contributed by atoms with van der Waals surface area (Å²) in [4.78, 5) is 16.2. The van der Waals surface area contributed by atoms with Crippen LogP contribution in [0.25, 0.3) is 21.9 Å². The standard InChI is InChI=1S/C8H7N7S/c1-3-5(16-15-14-3)8-12-4-6(9)10-2-11-7(4)13-8/h2H,1H3,(H3,9,10,11,12,13). The minimum absolute atomic E-state index is 0.388. The Labute approximate surface area is 93.9 Å². The molecule has 7 nitrogen and oxygen atoms in total. The molecule has 0 unspecified atom stereocenters. The number of nitrogens with zero attached hydrogens (tertiary/aromatic N) is 5. The third-order valence-electron chi connectivity index (χ3n) is 2.18. The number of aromatic amines is 1. The molecule has 0 aliphatic heterocycles. The average molecular weight is 233 g/mol. The SMILES string of the molecule is Cc1nnsc1-c1nc2ncnc(N)c2[nH]1. The largest absolute Gasteiger partial charge is 0.382 e. The summed E-state index contributed by atoms with van der Waals surface area (Å²) in [6.45, 7) is 1.88. The number of nitrogens with two attached hydrogens (primary N) is 1. The fourth-order valence-electron chi connectivity index (χ4n) is 1.40. The zero-order valence-corrected chi connectivity index (χ0v) is 9.12. The van der Waals surface area contributed by atoms with Crippen LogP contribution in [0.3, 0.4) is 0 Å². The second kappa shape index (κ2) is 3.20. The first-order chi connectivity index (χ1) is 7.75. The molecule has 16 heavy (non-hydrogen) atoms. The summed E-state index contributed by atoms with van der Waals surface area (Å²) in [5.41, 5.74) is 7.74. The van der Waals surface area contributed by atoms with Crippen molar-refractivity contribution < 1.29 is 0 Å². The number of aryl methyl sites for hydroxylation is 1. The van der Waals surface area contributed by atoms with Gasteiger partial charge in [-0.3, -0.25) is 0 Å². The summed E-state index contributed by atoms with van der Waals surface area (Å²) >= 11 is 1.28. The Bertz CT molecular complexity index is 655. The van der Waals surface area contributed by atoms with E-state index in [1.807, 2.05) is 6.92 Å². The molecule has 0 radical (unpaired) electrons. The lowest BCUT2D eigenvalue weighted by molar-refractivity contribution is 1.09. The van der Waals surface area contributed by atoms with Crippen LogP contribution in [0.4, 0.5) is 5.82 Å². The van der Waals surface area contributed by atoms with Gasteiger partial charge >= 0.3 is 0 Å². The highest BCUT2D eigenvalue weighted by Crippen LogP contribution is 2.25. The first-order valence-electron chi connectivity index (χ1n) is 4.51. The second-order valence-electron chi connectivity index (χ2n) is 3.23. The van der Waals surface area contributed by atoms with E-state index in [4.69, 9.17) is 5.73 Å². The van der Waals surface area contributed by atoms with Crippen molar-refractivity contribution >= 4 is 28.5 Å². The third-order valence-corrected chi connectivity index (χ3v) is 3.02. The highest BCUT2D eigenvalue weighted by Gasteiger charge is 2.13.